The van der Waals surface area contributed by atoms with Crippen molar-refractivity contribution in [3.63, 3.8) is 0 Å². The van der Waals surface area contributed by atoms with Crippen molar-refractivity contribution < 1.29 is 14.6 Å². The Morgan fingerprint density at radius 2 is 2.38 bits per heavy atom. The molecule has 86 valence electrons. The number of benzene rings is 1. The summed E-state index contributed by atoms with van der Waals surface area (Å²) >= 11 is 1.69. The molecular weight excluding hydrogens is 226 g/mol. The van der Waals surface area contributed by atoms with E-state index in [0.29, 0.717) is 13.1 Å². The van der Waals surface area contributed by atoms with E-state index in [2.05, 4.69) is 0 Å². The van der Waals surface area contributed by atoms with Gasteiger partial charge in [-0.3, -0.25) is 0 Å². The highest BCUT2D eigenvalue weighted by molar-refractivity contribution is 7.99. The van der Waals surface area contributed by atoms with Crippen LogP contribution in [-0.2, 0) is 6.54 Å². The number of nitrogens with zero attached hydrogens (tertiary/aromatic N) is 1. The molecule has 1 N–H and O–H groups in total. The van der Waals surface area contributed by atoms with E-state index in [1.165, 1.54) is 4.90 Å². The molecule has 1 amide bonds. The monoisotopic (exact) mass is 239 g/mol. The maximum absolute atomic E-state index is 11.0. The molecule has 0 spiro atoms. The summed E-state index contributed by atoms with van der Waals surface area (Å²) in [6.45, 7) is 1.01. The molecule has 0 saturated heterocycles. The molecule has 4 nitrogen and oxygen atoms in total. The highest BCUT2D eigenvalue weighted by atomic mass is 32.2. The van der Waals surface area contributed by atoms with E-state index in [1.54, 1.807) is 18.9 Å². The van der Waals surface area contributed by atoms with Crippen LogP contribution in [0.4, 0.5) is 4.79 Å². The fraction of sp³-hybridized carbons (Fsp3) is 0.364. The first-order chi connectivity index (χ1) is 7.70. The second-order valence-corrected chi connectivity index (χ2v) is 4.66. The van der Waals surface area contributed by atoms with Gasteiger partial charge in [0.25, 0.3) is 0 Å². The van der Waals surface area contributed by atoms with E-state index in [0.717, 1.165) is 22.0 Å². The second-order valence-electron chi connectivity index (χ2n) is 3.53. The predicted molar refractivity (Wildman–Crippen MR) is 62.2 cm³/mol. The van der Waals surface area contributed by atoms with Crippen molar-refractivity contribution in [2.75, 3.05) is 19.4 Å². The van der Waals surface area contributed by atoms with Crippen LogP contribution in [0.15, 0.2) is 23.1 Å². The molecular formula is C11H13NO3S. The van der Waals surface area contributed by atoms with Crippen molar-refractivity contribution in [1.82, 2.24) is 4.90 Å². The van der Waals surface area contributed by atoms with Crippen LogP contribution in [0.2, 0.25) is 0 Å². The van der Waals surface area contributed by atoms with Gasteiger partial charge < -0.3 is 14.7 Å². The molecule has 0 fully saturated rings. The van der Waals surface area contributed by atoms with Crippen molar-refractivity contribution in [2.45, 2.75) is 11.4 Å². The first-order valence-electron chi connectivity index (χ1n) is 4.98. The molecule has 5 heteroatoms. The summed E-state index contributed by atoms with van der Waals surface area (Å²) in [6, 6.07) is 5.80. The molecule has 16 heavy (non-hydrogen) atoms. The Morgan fingerprint density at radius 3 is 3.06 bits per heavy atom. The van der Waals surface area contributed by atoms with Crippen LogP contribution >= 0.6 is 11.8 Å². The van der Waals surface area contributed by atoms with Gasteiger partial charge in [0, 0.05) is 17.2 Å². The van der Waals surface area contributed by atoms with E-state index < -0.39 is 6.09 Å². The molecule has 2 rings (SSSR count). The second kappa shape index (κ2) is 4.65. The smallest absolute Gasteiger partial charge is 0.407 e. The molecule has 0 bridgehead atoms. The molecule has 0 aliphatic carbocycles. The van der Waals surface area contributed by atoms with Crippen molar-refractivity contribution in [2.24, 2.45) is 0 Å². The van der Waals surface area contributed by atoms with Gasteiger partial charge in [-0.2, -0.15) is 0 Å². The Morgan fingerprint density at radius 1 is 1.56 bits per heavy atom. The lowest BCUT2D eigenvalue weighted by molar-refractivity contribution is 0.145. The molecule has 1 heterocycles. The van der Waals surface area contributed by atoms with Crippen molar-refractivity contribution in [1.29, 1.82) is 0 Å². The largest absolute Gasteiger partial charge is 0.497 e. The van der Waals surface area contributed by atoms with Gasteiger partial charge in [-0.1, -0.05) is 0 Å². The van der Waals surface area contributed by atoms with Gasteiger partial charge in [-0.05, 0) is 23.8 Å². The number of methoxy groups -OCH3 is 1. The van der Waals surface area contributed by atoms with Crippen LogP contribution in [0.3, 0.4) is 0 Å². The summed E-state index contributed by atoms with van der Waals surface area (Å²) in [5, 5.41) is 9.00. The number of fused-ring (bicyclic) bond motifs is 1. The number of ether oxygens (including phenoxy) is 1. The Hall–Kier alpha value is -1.36. The third-order valence-electron chi connectivity index (χ3n) is 2.52. The van der Waals surface area contributed by atoms with Gasteiger partial charge in [-0.15, -0.1) is 11.8 Å². The number of rotatable bonds is 1. The molecule has 1 aliphatic rings. The molecule has 1 aromatic rings. The van der Waals surface area contributed by atoms with Crippen LogP contribution < -0.4 is 4.74 Å². The Kier molecular flexibility index (Phi) is 3.24. The fourth-order valence-corrected chi connectivity index (χ4v) is 2.67. The standard InChI is InChI=1S/C11H13NO3S/c1-15-9-2-3-10-8(6-9)7-12(11(13)14)4-5-16-10/h2-3,6H,4-5,7H2,1H3,(H,13,14). The van der Waals surface area contributed by atoms with E-state index >= 15 is 0 Å². The van der Waals surface area contributed by atoms with Gasteiger partial charge in [0.05, 0.1) is 13.7 Å². The number of thioether (sulfide) groups is 1. The average molecular weight is 239 g/mol. The lowest BCUT2D eigenvalue weighted by Gasteiger charge is -2.16. The third kappa shape index (κ3) is 2.24. The first-order valence-corrected chi connectivity index (χ1v) is 5.97. The zero-order valence-electron chi connectivity index (χ0n) is 8.97. The van der Waals surface area contributed by atoms with Gasteiger partial charge in [0.15, 0.2) is 0 Å². The maximum atomic E-state index is 11.0. The molecule has 0 unspecified atom stereocenters. The number of amides is 1. The molecule has 1 aromatic carbocycles. The third-order valence-corrected chi connectivity index (χ3v) is 3.61. The summed E-state index contributed by atoms with van der Waals surface area (Å²) in [5.74, 6) is 1.57. The average Bonchev–Trinajstić information content (AvgIpc) is 2.49. The number of carbonyl (C=O) groups is 1. The summed E-state index contributed by atoms with van der Waals surface area (Å²) < 4.78 is 5.14. The molecule has 1 aliphatic heterocycles. The number of carboxylic acid groups (broad SMARTS) is 1. The quantitative estimate of drug-likeness (QED) is 0.816. The summed E-state index contributed by atoms with van der Waals surface area (Å²) in [5.41, 5.74) is 1.02. The summed E-state index contributed by atoms with van der Waals surface area (Å²) in [7, 11) is 1.61. The minimum atomic E-state index is -0.865. The van der Waals surface area contributed by atoms with Crippen LogP contribution in [-0.4, -0.2) is 35.5 Å². The van der Waals surface area contributed by atoms with Crippen LogP contribution in [0, 0.1) is 0 Å². The van der Waals surface area contributed by atoms with E-state index in [4.69, 9.17) is 9.84 Å². The van der Waals surface area contributed by atoms with Gasteiger partial charge in [0.1, 0.15) is 5.75 Å². The topological polar surface area (TPSA) is 49.8 Å². The van der Waals surface area contributed by atoms with Crippen molar-refractivity contribution >= 4 is 17.9 Å². The Labute approximate surface area is 98.2 Å². The fourth-order valence-electron chi connectivity index (χ4n) is 1.66. The highest BCUT2D eigenvalue weighted by Crippen LogP contribution is 2.30. The van der Waals surface area contributed by atoms with Crippen LogP contribution in [0.1, 0.15) is 5.56 Å². The highest BCUT2D eigenvalue weighted by Gasteiger charge is 2.18. The maximum Gasteiger partial charge on any atom is 0.407 e. The van der Waals surface area contributed by atoms with Crippen molar-refractivity contribution in [3.8, 4) is 5.75 Å². The SMILES string of the molecule is COc1ccc2c(c1)CN(C(=O)O)CCS2. The molecule has 0 aromatic heterocycles. The lowest BCUT2D eigenvalue weighted by Crippen LogP contribution is -2.29. The first kappa shape index (κ1) is 11.1. The summed E-state index contributed by atoms with van der Waals surface area (Å²) in [6.07, 6.45) is -0.865. The zero-order chi connectivity index (χ0) is 11.5. The predicted octanol–water partition coefficient (Wildman–Crippen LogP) is 2.28. The van der Waals surface area contributed by atoms with Crippen LogP contribution in [0.25, 0.3) is 0 Å². The van der Waals surface area contributed by atoms with E-state index in [9.17, 15) is 4.79 Å². The van der Waals surface area contributed by atoms with Gasteiger partial charge in [0.2, 0.25) is 0 Å². The zero-order valence-corrected chi connectivity index (χ0v) is 9.79. The summed E-state index contributed by atoms with van der Waals surface area (Å²) in [4.78, 5) is 13.5. The molecule has 0 atom stereocenters. The van der Waals surface area contributed by atoms with Crippen molar-refractivity contribution in [3.05, 3.63) is 23.8 Å². The minimum absolute atomic E-state index is 0.439. The Bertz CT molecular complexity index is 408. The van der Waals surface area contributed by atoms with E-state index in [-0.39, 0.29) is 0 Å². The number of hydrogen-bond acceptors (Lipinski definition) is 3. The molecule has 0 radical (unpaired) electrons. The van der Waals surface area contributed by atoms with Crippen LogP contribution in [0.5, 0.6) is 5.75 Å². The minimum Gasteiger partial charge on any atom is -0.497 e. The van der Waals surface area contributed by atoms with Gasteiger partial charge in [-0.25, -0.2) is 4.79 Å². The Balaban J connectivity index is 2.30. The van der Waals surface area contributed by atoms with E-state index in [1.807, 2.05) is 18.2 Å². The number of hydrogen-bond donors (Lipinski definition) is 1. The van der Waals surface area contributed by atoms with Gasteiger partial charge >= 0.3 is 6.09 Å². The lowest BCUT2D eigenvalue weighted by atomic mass is 10.2. The molecule has 0 saturated carbocycles. The normalized spacial score (nSPS) is 15.2.